The van der Waals surface area contributed by atoms with Gasteiger partial charge in [-0.3, -0.25) is 0 Å². The Bertz CT molecular complexity index is 442. The molecule has 0 N–H and O–H groups in total. The van der Waals surface area contributed by atoms with E-state index >= 15 is 0 Å². The molecule has 1 heterocycles. The van der Waals surface area contributed by atoms with Crippen LogP contribution in [0.1, 0.15) is 29.3 Å². The van der Waals surface area contributed by atoms with Gasteiger partial charge >= 0.3 is 0 Å². The van der Waals surface area contributed by atoms with E-state index in [0.29, 0.717) is 6.04 Å². The monoisotopic (exact) mass is 314 g/mol. The van der Waals surface area contributed by atoms with Crippen molar-refractivity contribution in [2.24, 2.45) is 0 Å². The minimum atomic E-state index is 0.0237. The average Bonchev–Trinajstić information content (AvgIpc) is 2.42. The molecule has 0 aromatic heterocycles. The van der Waals surface area contributed by atoms with Crippen LogP contribution in [0.5, 0.6) is 0 Å². The van der Waals surface area contributed by atoms with Crippen molar-refractivity contribution >= 4 is 23.2 Å². The number of piperidine rings is 1. The molecule has 1 aromatic rings. The number of likely N-dealkylation sites (tertiary alicyclic amines) is 1. The van der Waals surface area contributed by atoms with Crippen molar-refractivity contribution in [1.82, 2.24) is 9.80 Å². The molecule has 1 aromatic carbocycles. The van der Waals surface area contributed by atoms with E-state index in [0.717, 1.165) is 22.7 Å². The second kappa shape index (κ2) is 7.13. The molecule has 0 amide bonds. The highest BCUT2D eigenvalue weighted by atomic mass is 35.5. The zero-order valence-electron chi connectivity index (χ0n) is 12.6. The maximum atomic E-state index is 6.58. The van der Waals surface area contributed by atoms with Crippen LogP contribution >= 0.6 is 23.2 Å². The number of alkyl halides is 1. The number of aryl methyl sites for hydroxylation is 1. The van der Waals surface area contributed by atoms with Crippen LogP contribution in [0.4, 0.5) is 0 Å². The Morgan fingerprint density at radius 3 is 2.60 bits per heavy atom. The zero-order valence-corrected chi connectivity index (χ0v) is 14.1. The summed E-state index contributed by atoms with van der Waals surface area (Å²) in [7, 11) is 4.38. The third-order valence-corrected chi connectivity index (χ3v) is 5.12. The Hall–Kier alpha value is -0.280. The molecule has 0 bridgehead atoms. The molecule has 0 radical (unpaired) electrons. The van der Waals surface area contributed by atoms with Gasteiger partial charge in [0.1, 0.15) is 0 Å². The van der Waals surface area contributed by atoms with E-state index in [4.69, 9.17) is 23.2 Å². The van der Waals surface area contributed by atoms with Crippen molar-refractivity contribution in [3.8, 4) is 0 Å². The molecule has 0 aliphatic carbocycles. The Kier molecular flexibility index (Phi) is 5.74. The molecule has 1 fully saturated rings. The number of hydrogen-bond donors (Lipinski definition) is 0. The first kappa shape index (κ1) is 16.1. The van der Waals surface area contributed by atoms with Crippen LogP contribution in [0, 0.1) is 6.92 Å². The van der Waals surface area contributed by atoms with Crippen molar-refractivity contribution in [3.05, 3.63) is 34.3 Å². The van der Waals surface area contributed by atoms with Gasteiger partial charge in [0.15, 0.2) is 0 Å². The first-order valence-electron chi connectivity index (χ1n) is 7.26. The standard InChI is InChI=1S/C16H24Cl2N2/c1-12-10-13(4-5-15(12)17)16(18)11-20(3)14-6-8-19(2)9-7-14/h4-5,10,14,16H,6-9,11H2,1-3H3. The highest BCUT2D eigenvalue weighted by Crippen LogP contribution is 2.27. The average molecular weight is 315 g/mol. The predicted octanol–water partition coefficient (Wildman–Crippen LogP) is 3.95. The molecular weight excluding hydrogens is 291 g/mol. The number of nitrogens with zero attached hydrogens (tertiary/aromatic N) is 2. The number of rotatable bonds is 4. The Balaban J connectivity index is 1.93. The topological polar surface area (TPSA) is 6.48 Å². The van der Waals surface area contributed by atoms with Crippen molar-refractivity contribution < 1.29 is 0 Å². The summed E-state index contributed by atoms with van der Waals surface area (Å²) < 4.78 is 0. The summed E-state index contributed by atoms with van der Waals surface area (Å²) in [6.45, 7) is 5.27. The van der Waals surface area contributed by atoms with Crippen molar-refractivity contribution in [3.63, 3.8) is 0 Å². The summed E-state index contributed by atoms with van der Waals surface area (Å²) in [5, 5.41) is 0.830. The van der Waals surface area contributed by atoms with Gasteiger partial charge in [-0.1, -0.05) is 23.7 Å². The normalized spacial score (nSPS) is 19.5. The first-order chi connectivity index (χ1) is 9.47. The molecule has 112 valence electrons. The van der Waals surface area contributed by atoms with E-state index in [1.54, 1.807) is 0 Å². The number of benzene rings is 1. The summed E-state index contributed by atoms with van der Waals surface area (Å²) in [4.78, 5) is 4.81. The first-order valence-corrected chi connectivity index (χ1v) is 8.07. The van der Waals surface area contributed by atoms with Gasteiger partial charge in [-0.25, -0.2) is 0 Å². The molecule has 1 aliphatic heterocycles. The van der Waals surface area contributed by atoms with E-state index in [1.807, 2.05) is 19.1 Å². The molecule has 1 atom stereocenters. The lowest BCUT2D eigenvalue weighted by Gasteiger charge is -2.36. The summed E-state index contributed by atoms with van der Waals surface area (Å²) >= 11 is 12.6. The SMILES string of the molecule is Cc1cc(C(Cl)CN(C)C2CCN(C)CC2)ccc1Cl. The summed E-state index contributed by atoms with van der Waals surface area (Å²) in [5.41, 5.74) is 2.25. The Labute approximate surface area is 132 Å². The second-order valence-corrected chi connectivity index (χ2v) is 6.88. The maximum Gasteiger partial charge on any atom is 0.0712 e. The fourth-order valence-corrected chi connectivity index (χ4v) is 3.28. The lowest BCUT2D eigenvalue weighted by molar-refractivity contribution is 0.144. The van der Waals surface area contributed by atoms with E-state index in [1.165, 1.54) is 25.9 Å². The smallest absolute Gasteiger partial charge is 0.0712 e. The van der Waals surface area contributed by atoms with Gasteiger partial charge in [-0.15, -0.1) is 11.6 Å². The molecule has 1 unspecified atom stereocenters. The van der Waals surface area contributed by atoms with Gasteiger partial charge in [-0.05, 0) is 64.1 Å². The van der Waals surface area contributed by atoms with Crippen LogP contribution in [0.3, 0.4) is 0 Å². The van der Waals surface area contributed by atoms with Gasteiger partial charge in [0.2, 0.25) is 0 Å². The second-order valence-electron chi connectivity index (χ2n) is 5.95. The maximum absolute atomic E-state index is 6.58. The number of hydrogen-bond acceptors (Lipinski definition) is 2. The van der Waals surface area contributed by atoms with Crippen LogP contribution in [-0.2, 0) is 0 Å². The van der Waals surface area contributed by atoms with Gasteiger partial charge in [0.05, 0.1) is 5.38 Å². The molecule has 2 rings (SSSR count). The number of likely N-dealkylation sites (N-methyl/N-ethyl adjacent to an activating group) is 1. The van der Waals surface area contributed by atoms with Gasteiger partial charge in [0.25, 0.3) is 0 Å². The molecule has 1 saturated heterocycles. The van der Waals surface area contributed by atoms with E-state index < -0.39 is 0 Å². The lowest BCUT2D eigenvalue weighted by Crippen LogP contribution is -2.42. The fraction of sp³-hybridized carbons (Fsp3) is 0.625. The molecule has 0 spiro atoms. The van der Waals surface area contributed by atoms with Crippen LogP contribution in [0.2, 0.25) is 5.02 Å². The Morgan fingerprint density at radius 2 is 2.00 bits per heavy atom. The van der Waals surface area contributed by atoms with E-state index in [-0.39, 0.29) is 5.38 Å². The van der Waals surface area contributed by atoms with Crippen molar-refractivity contribution in [2.75, 3.05) is 33.7 Å². The molecule has 0 saturated carbocycles. The molecule has 20 heavy (non-hydrogen) atoms. The van der Waals surface area contributed by atoms with Crippen molar-refractivity contribution in [1.29, 1.82) is 0 Å². The minimum Gasteiger partial charge on any atom is -0.306 e. The lowest BCUT2D eigenvalue weighted by atomic mass is 10.0. The van der Waals surface area contributed by atoms with E-state index in [9.17, 15) is 0 Å². The van der Waals surface area contributed by atoms with Gasteiger partial charge in [0, 0.05) is 17.6 Å². The van der Waals surface area contributed by atoms with E-state index in [2.05, 4.69) is 30.0 Å². The van der Waals surface area contributed by atoms with Crippen LogP contribution in [0.15, 0.2) is 18.2 Å². The van der Waals surface area contributed by atoms with Gasteiger partial charge < -0.3 is 9.80 Å². The summed E-state index contributed by atoms with van der Waals surface area (Å²) in [6, 6.07) is 6.73. The molecule has 1 aliphatic rings. The fourth-order valence-electron chi connectivity index (χ4n) is 2.81. The predicted molar refractivity (Wildman–Crippen MR) is 87.9 cm³/mol. The third kappa shape index (κ3) is 4.11. The van der Waals surface area contributed by atoms with Crippen LogP contribution < -0.4 is 0 Å². The third-order valence-electron chi connectivity index (χ3n) is 4.30. The summed E-state index contributed by atoms with van der Waals surface area (Å²) in [6.07, 6.45) is 2.46. The molecular formula is C16H24Cl2N2. The Morgan fingerprint density at radius 1 is 1.35 bits per heavy atom. The van der Waals surface area contributed by atoms with Crippen LogP contribution in [0.25, 0.3) is 0 Å². The summed E-state index contributed by atoms with van der Waals surface area (Å²) in [5.74, 6) is 0. The van der Waals surface area contributed by atoms with Crippen LogP contribution in [-0.4, -0.2) is 49.6 Å². The number of halogens is 2. The van der Waals surface area contributed by atoms with Crippen molar-refractivity contribution in [2.45, 2.75) is 31.2 Å². The highest BCUT2D eigenvalue weighted by molar-refractivity contribution is 6.31. The molecule has 2 nitrogen and oxygen atoms in total. The van der Waals surface area contributed by atoms with Gasteiger partial charge in [-0.2, -0.15) is 0 Å². The zero-order chi connectivity index (χ0) is 14.7. The minimum absolute atomic E-state index is 0.0237. The molecule has 4 heteroatoms. The highest BCUT2D eigenvalue weighted by Gasteiger charge is 2.22. The largest absolute Gasteiger partial charge is 0.306 e. The quantitative estimate of drug-likeness (QED) is 0.776.